The van der Waals surface area contributed by atoms with Crippen molar-refractivity contribution in [3.63, 3.8) is 0 Å². The van der Waals surface area contributed by atoms with Crippen LogP contribution >= 0.6 is 0 Å². The molecular weight excluding hydrogens is 394 g/mol. The number of carbonyl (C=O) groups excluding carboxylic acids is 4. The molecule has 3 amide bonds. The largest absolute Gasteiger partial charge is 0.497 e. The number of methoxy groups -OCH3 is 2. The van der Waals surface area contributed by atoms with E-state index in [2.05, 4.69) is 10.6 Å². The van der Waals surface area contributed by atoms with Crippen molar-refractivity contribution < 1.29 is 33.4 Å². The Labute approximate surface area is 174 Å². The van der Waals surface area contributed by atoms with E-state index in [4.69, 9.17) is 14.2 Å². The number of anilines is 1. The van der Waals surface area contributed by atoms with E-state index < -0.39 is 24.4 Å². The lowest BCUT2D eigenvalue weighted by atomic mass is 10.1. The van der Waals surface area contributed by atoms with Gasteiger partial charge in [-0.3, -0.25) is 19.2 Å². The van der Waals surface area contributed by atoms with Crippen molar-refractivity contribution in [2.45, 2.75) is 26.3 Å². The molecule has 1 fully saturated rings. The van der Waals surface area contributed by atoms with Gasteiger partial charge in [-0.05, 0) is 26.0 Å². The van der Waals surface area contributed by atoms with E-state index in [0.717, 1.165) is 0 Å². The molecule has 2 rings (SSSR count). The summed E-state index contributed by atoms with van der Waals surface area (Å²) >= 11 is 0. The maximum Gasteiger partial charge on any atom is 0.311 e. The van der Waals surface area contributed by atoms with Crippen molar-refractivity contribution in [3.05, 3.63) is 18.2 Å². The molecule has 164 valence electrons. The van der Waals surface area contributed by atoms with E-state index in [1.54, 1.807) is 32.0 Å². The van der Waals surface area contributed by atoms with E-state index in [1.807, 2.05) is 0 Å². The van der Waals surface area contributed by atoms with Gasteiger partial charge in [-0.25, -0.2) is 0 Å². The van der Waals surface area contributed by atoms with Gasteiger partial charge in [0, 0.05) is 25.1 Å². The first-order chi connectivity index (χ1) is 14.2. The fourth-order valence-electron chi connectivity index (χ4n) is 2.96. The second-order valence-electron chi connectivity index (χ2n) is 7.05. The quantitative estimate of drug-likeness (QED) is 0.548. The Kier molecular flexibility index (Phi) is 8.02. The number of amides is 3. The zero-order valence-electron chi connectivity index (χ0n) is 17.5. The summed E-state index contributed by atoms with van der Waals surface area (Å²) in [6, 6.07) is 4.98. The van der Waals surface area contributed by atoms with E-state index >= 15 is 0 Å². The minimum Gasteiger partial charge on any atom is -0.497 e. The second kappa shape index (κ2) is 10.5. The molecule has 10 nitrogen and oxygen atoms in total. The molecule has 1 aromatic rings. The monoisotopic (exact) mass is 421 g/mol. The van der Waals surface area contributed by atoms with Gasteiger partial charge in [0.1, 0.15) is 11.5 Å². The van der Waals surface area contributed by atoms with Crippen molar-refractivity contribution in [1.82, 2.24) is 10.6 Å². The molecule has 1 atom stereocenters. The van der Waals surface area contributed by atoms with Gasteiger partial charge >= 0.3 is 5.97 Å². The van der Waals surface area contributed by atoms with E-state index in [-0.39, 0.29) is 37.4 Å². The number of benzene rings is 1. The summed E-state index contributed by atoms with van der Waals surface area (Å²) in [5, 5.41) is 5.00. The van der Waals surface area contributed by atoms with Crippen molar-refractivity contribution in [1.29, 1.82) is 0 Å². The number of ether oxygens (including phenoxy) is 3. The normalized spacial score (nSPS) is 15.7. The smallest absolute Gasteiger partial charge is 0.311 e. The van der Waals surface area contributed by atoms with Crippen LogP contribution in [0.4, 0.5) is 5.69 Å². The number of hydrogen-bond acceptors (Lipinski definition) is 7. The van der Waals surface area contributed by atoms with Crippen LogP contribution in [0.25, 0.3) is 0 Å². The highest BCUT2D eigenvalue weighted by molar-refractivity contribution is 6.00. The molecule has 30 heavy (non-hydrogen) atoms. The molecule has 10 heteroatoms. The molecule has 1 heterocycles. The fourth-order valence-corrected chi connectivity index (χ4v) is 2.96. The average Bonchev–Trinajstić information content (AvgIpc) is 3.10. The highest BCUT2D eigenvalue weighted by Crippen LogP contribution is 2.35. The van der Waals surface area contributed by atoms with Crippen LogP contribution in [0, 0.1) is 5.92 Å². The molecule has 0 aliphatic carbocycles. The molecule has 2 N–H and O–H groups in total. The van der Waals surface area contributed by atoms with Crippen LogP contribution in [0.5, 0.6) is 11.5 Å². The highest BCUT2D eigenvalue weighted by Gasteiger charge is 2.37. The van der Waals surface area contributed by atoms with Gasteiger partial charge in [-0.15, -0.1) is 0 Å². The van der Waals surface area contributed by atoms with Crippen molar-refractivity contribution in [2.75, 3.05) is 38.8 Å². The predicted molar refractivity (Wildman–Crippen MR) is 107 cm³/mol. The molecule has 0 saturated carbocycles. The first-order valence-electron chi connectivity index (χ1n) is 9.50. The fraction of sp³-hybridized carbons (Fsp3) is 0.500. The summed E-state index contributed by atoms with van der Waals surface area (Å²) in [5.41, 5.74) is 0.521. The molecular formula is C20H27N3O7. The molecule has 1 saturated heterocycles. The molecule has 0 aromatic heterocycles. The average molecular weight is 421 g/mol. The van der Waals surface area contributed by atoms with Crippen molar-refractivity contribution >= 4 is 29.4 Å². The van der Waals surface area contributed by atoms with E-state index in [0.29, 0.717) is 17.2 Å². The lowest BCUT2D eigenvalue weighted by molar-refractivity contribution is -0.152. The van der Waals surface area contributed by atoms with E-state index in [1.165, 1.54) is 19.1 Å². The van der Waals surface area contributed by atoms with Crippen LogP contribution in [0.1, 0.15) is 20.3 Å². The third-order valence-electron chi connectivity index (χ3n) is 4.38. The number of hydrogen-bond donors (Lipinski definition) is 2. The van der Waals surface area contributed by atoms with Crippen LogP contribution in [0.2, 0.25) is 0 Å². The van der Waals surface area contributed by atoms with Gasteiger partial charge in [-0.2, -0.15) is 0 Å². The molecule has 0 spiro atoms. The van der Waals surface area contributed by atoms with Crippen LogP contribution in [-0.4, -0.2) is 63.6 Å². The Morgan fingerprint density at radius 2 is 1.90 bits per heavy atom. The van der Waals surface area contributed by atoms with Gasteiger partial charge in [0.2, 0.25) is 11.8 Å². The second-order valence-corrected chi connectivity index (χ2v) is 7.05. The number of rotatable bonds is 9. The third-order valence-corrected chi connectivity index (χ3v) is 4.38. The van der Waals surface area contributed by atoms with Gasteiger partial charge in [0.25, 0.3) is 5.91 Å². The Morgan fingerprint density at radius 3 is 2.53 bits per heavy atom. The molecule has 1 aliphatic rings. The molecule has 0 unspecified atom stereocenters. The minimum absolute atomic E-state index is 0.0353. The Balaban J connectivity index is 1.88. The van der Waals surface area contributed by atoms with Crippen LogP contribution < -0.4 is 25.0 Å². The highest BCUT2D eigenvalue weighted by atomic mass is 16.5. The maximum absolute atomic E-state index is 12.4. The maximum atomic E-state index is 12.4. The lowest BCUT2D eigenvalue weighted by Crippen LogP contribution is -2.41. The van der Waals surface area contributed by atoms with Gasteiger partial charge in [0.05, 0.1) is 32.4 Å². The number of esters is 1. The minimum atomic E-state index is -0.707. The first kappa shape index (κ1) is 23.0. The predicted octanol–water partition coefficient (Wildman–Crippen LogP) is 0.241. The third kappa shape index (κ3) is 6.10. The Hall–Kier alpha value is -3.30. The van der Waals surface area contributed by atoms with Crippen LogP contribution in [0.15, 0.2) is 18.2 Å². The van der Waals surface area contributed by atoms with E-state index in [9.17, 15) is 19.2 Å². The summed E-state index contributed by atoms with van der Waals surface area (Å²) in [6.07, 6.45) is -0.0353. The van der Waals surface area contributed by atoms with Gasteiger partial charge in [-0.1, -0.05) is 0 Å². The lowest BCUT2D eigenvalue weighted by Gasteiger charge is -2.20. The SMILES string of the molecule is COc1ccc(N2C[C@@H](C(=O)OCC(=O)NCC(=O)NC(C)C)CC2=O)c(OC)c1. The summed E-state index contributed by atoms with van der Waals surface area (Å²) < 4.78 is 15.5. The van der Waals surface area contributed by atoms with Crippen LogP contribution in [-0.2, 0) is 23.9 Å². The number of nitrogens with zero attached hydrogens (tertiary/aromatic N) is 1. The molecule has 1 aromatic carbocycles. The summed E-state index contributed by atoms with van der Waals surface area (Å²) in [7, 11) is 3.00. The van der Waals surface area contributed by atoms with Gasteiger partial charge < -0.3 is 29.7 Å². The topological polar surface area (TPSA) is 123 Å². The van der Waals surface area contributed by atoms with Crippen molar-refractivity contribution in [2.24, 2.45) is 5.92 Å². The number of nitrogens with one attached hydrogen (secondary N) is 2. The zero-order chi connectivity index (χ0) is 22.3. The Morgan fingerprint density at radius 1 is 1.17 bits per heavy atom. The van der Waals surface area contributed by atoms with Crippen LogP contribution in [0.3, 0.4) is 0 Å². The number of carbonyl (C=O) groups is 4. The molecule has 0 bridgehead atoms. The Bertz CT molecular complexity index is 810. The summed E-state index contributed by atoms with van der Waals surface area (Å²) in [5.74, 6) is -1.53. The van der Waals surface area contributed by atoms with Crippen molar-refractivity contribution in [3.8, 4) is 11.5 Å². The van der Waals surface area contributed by atoms with Gasteiger partial charge in [0.15, 0.2) is 6.61 Å². The molecule has 0 radical (unpaired) electrons. The first-order valence-corrected chi connectivity index (χ1v) is 9.50. The summed E-state index contributed by atoms with van der Waals surface area (Å²) in [4.78, 5) is 49.5. The molecule has 1 aliphatic heterocycles. The standard InChI is InChI=1S/C20H27N3O7/c1-12(2)22-17(24)9-21-18(25)11-30-20(27)13-7-19(26)23(10-13)15-6-5-14(28-3)8-16(15)29-4/h5-6,8,12-13H,7,9-11H2,1-4H3,(H,21,25)(H,22,24)/t13-/m0/s1. The zero-order valence-corrected chi connectivity index (χ0v) is 17.5. The summed E-state index contributed by atoms with van der Waals surface area (Å²) in [6.45, 7) is 2.98.